The van der Waals surface area contributed by atoms with Gasteiger partial charge in [0.05, 0.1) is 19.8 Å². The molecule has 2 aromatic carbocycles. The van der Waals surface area contributed by atoms with E-state index in [1.807, 2.05) is 47.8 Å². The van der Waals surface area contributed by atoms with Crippen molar-refractivity contribution < 1.29 is 13.9 Å². The molecule has 0 aliphatic carbocycles. The van der Waals surface area contributed by atoms with E-state index in [4.69, 9.17) is 9.15 Å². The van der Waals surface area contributed by atoms with Gasteiger partial charge in [0.1, 0.15) is 16.3 Å². The summed E-state index contributed by atoms with van der Waals surface area (Å²) in [6.45, 7) is 0. The maximum absolute atomic E-state index is 12.4. The molecule has 0 fully saturated rings. The summed E-state index contributed by atoms with van der Waals surface area (Å²) >= 11 is 1.58. The van der Waals surface area contributed by atoms with Gasteiger partial charge in [0.15, 0.2) is 0 Å². The lowest BCUT2D eigenvalue weighted by Gasteiger charge is -2.05. The first-order valence-electron chi connectivity index (χ1n) is 8.07. The van der Waals surface area contributed by atoms with Gasteiger partial charge in [-0.15, -0.1) is 11.3 Å². The van der Waals surface area contributed by atoms with E-state index in [1.54, 1.807) is 30.9 Å². The van der Waals surface area contributed by atoms with E-state index in [0.29, 0.717) is 5.58 Å². The van der Waals surface area contributed by atoms with Gasteiger partial charge in [-0.3, -0.25) is 4.79 Å². The molecule has 1 amide bonds. The number of carbonyl (C=O) groups is 1. The van der Waals surface area contributed by atoms with E-state index in [9.17, 15) is 4.79 Å². The topological polar surface area (TPSA) is 64.4 Å². The van der Waals surface area contributed by atoms with E-state index in [2.05, 4.69) is 10.3 Å². The molecule has 0 aliphatic rings. The second-order valence-electron chi connectivity index (χ2n) is 5.76. The molecule has 0 radical (unpaired) electrons. The van der Waals surface area contributed by atoms with Crippen LogP contribution in [0.25, 0.3) is 21.5 Å². The van der Waals surface area contributed by atoms with Gasteiger partial charge in [-0.05, 0) is 36.4 Å². The van der Waals surface area contributed by atoms with E-state index >= 15 is 0 Å². The van der Waals surface area contributed by atoms with Crippen LogP contribution in [0.15, 0.2) is 64.7 Å². The molecule has 4 aromatic rings. The van der Waals surface area contributed by atoms with Crippen LogP contribution in [-0.4, -0.2) is 18.0 Å². The van der Waals surface area contributed by atoms with Crippen LogP contribution in [0, 0.1) is 0 Å². The number of fused-ring (bicyclic) bond motifs is 1. The first-order valence-corrected chi connectivity index (χ1v) is 8.95. The highest BCUT2D eigenvalue weighted by Gasteiger charge is 2.12. The third kappa shape index (κ3) is 3.32. The normalized spacial score (nSPS) is 10.8. The first kappa shape index (κ1) is 16.4. The molecule has 0 unspecified atom stereocenters. The second kappa shape index (κ2) is 7.01. The highest BCUT2D eigenvalue weighted by molar-refractivity contribution is 7.13. The number of ether oxygens (including phenoxy) is 1. The third-order valence-corrected chi connectivity index (χ3v) is 4.88. The fourth-order valence-corrected chi connectivity index (χ4v) is 3.41. The first-order chi connectivity index (χ1) is 12.7. The van der Waals surface area contributed by atoms with Crippen LogP contribution in [-0.2, 0) is 11.2 Å². The number of nitrogens with zero attached hydrogens (tertiary/aromatic N) is 1. The van der Waals surface area contributed by atoms with Crippen LogP contribution < -0.4 is 10.1 Å². The Labute approximate surface area is 154 Å². The predicted molar refractivity (Wildman–Crippen MR) is 103 cm³/mol. The molecule has 0 saturated heterocycles. The molecule has 26 heavy (non-hydrogen) atoms. The van der Waals surface area contributed by atoms with Crippen molar-refractivity contribution in [3.05, 3.63) is 65.9 Å². The maximum Gasteiger partial charge on any atom is 0.228 e. The molecule has 0 spiro atoms. The Bertz CT molecular complexity index is 1040. The number of hydrogen-bond acceptors (Lipinski definition) is 5. The Balaban J connectivity index is 1.45. The lowest BCUT2D eigenvalue weighted by atomic mass is 10.1. The van der Waals surface area contributed by atoms with Crippen LogP contribution in [0.3, 0.4) is 0 Å². The van der Waals surface area contributed by atoms with Crippen LogP contribution >= 0.6 is 11.3 Å². The van der Waals surface area contributed by atoms with Gasteiger partial charge in [0, 0.05) is 39.8 Å². The Hall–Kier alpha value is -3.12. The molecule has 0 saturated carbocycles. The van der Waals surface area contributed by atoms with Crippen LogP contribution in [0.4, 0.5) is 5.69 Å². The fourth-order valence-electron chi connectivity index (χ4n) is 2.77. The largest absolute Gasteiger partial charge is 0.497 e. The van der Waals surface area contributed by atoms with E-state index in [1.165, 1.54) is 0 Å². The SMILES string of the molecule is COc1ccc2c(CC(=O)Nc3ccc(-c4nccs4)cc3)coc2c1. The highest BCUT2D eigenvalue weighted by Crippen LogP contribution is 2.26. The van der Waals surface area contributed by atoms with E-state index < -0.39 is 0 Å². The number of carbonyl (C=O) groups excluding carboxylic acids is 1. The molecule has 2 aromatic heterocycles. The zero-order valence-corrected chi connectivity index (χ0v) is 14.9. The number of furan rings is 1. The second-order valence-corrected chi connectivity index (χ2v) is 6.66. The van der Waals surface area contributed by atoms with Crippen LogP contribution in [0.1, 0.15) is 5.56 Å². The predicted octanol–water partition coefficient (Wildman–Crippen LogP) is 4.75. The summed E-state index contributed by atoms with van der Waals surface area (Å²) in [4.78, 5) is 16.7. The number of amides is 1. The van der Waals surface area contributed by atoms with Crippen molar-refractivity contribution in [1.29, 1.82) is 0 Å². The average molecular weight is 364 g/mol. The van der Waals surface area contributed by atoms with Gasteiger partial charge < -0.3 is 14.5 Å². The summed E-state index contributed by atoms with van der Waals surface area (Å²) in [7, 11) is 1.61. The quantitative estimate of drug-likeness (QED) is 0.555. The van der Waals surface area contributed by atoms with Crippen LogP contribution in [0.2, 0.25) is 0 Å². The van der Waals surface area contributed by atoms with Gasteiger partial charge in [-0.2, -0.15) is 0 Å². The van der Waals surface area contributed by atoms with Crippen molar-refractivity contribution in [1.82, 2.24) is 4.98 Å². The molecule has 4 rings (SSSR count). The maximum atomic E-state index is 12.4. The Morgan fingerprint density at radius 1 is 1.23 bits per heavy atom. The molecule has 6 heteroatoms. The molecular formula is C20H16N2O3S. The molecule has 130 valence electrons. The summed E-state index contributed by atoms with van der Waals surface area (Å²) in [6, 6.07) is 13.2. The number of anilines is 1. The van der Waals surface area contributed by atoms with Crippen molar-refractivity contribution in [2.75, 3.05) is 12.4 Å². The lowest BCUT2D eigenvalue weighted by Crippen LogP contribution is -2.14. The number of methoxy groups -OCH3 is 1. The van der Waals surface area contributed by atoms with Crippen molar-refractivity contribution >= 4 is 33.9 Å². The average Bonchev–Trinajstić information content (AvgIpc) is 3.32. The summed E-state index contributed by atoms with van der Waals surface area (Å²) in [5.41, 5.74) is 3.34. The molecule has 0 atom stereocenters. The molecular weight excluding hydrogens is 348 g/mol. The van der Waals surface area contributed by atoms with Gasteiger partial charge >= 0.3 is 0 Å². The lowest BCUT2D eigenvalue weighted by molar-refractivity contribution is -0.115. The van der Waals surface area contributed by atoms with E-state index in [0.717, 1.165) is 33.0 Å². The fraction of sp³-hybridized carbons (Fsp3) is 0.100. The standard InChI is InChI=1S/C20H16N2O3S/c1-24-16-6-7-17-14(12-25-18(17)11-16)10-19(23)22-15-4-2-13(3-5-15)20-21-8-9-26-20/h2-9,11-12H,10H2,1H3,(H,22,23). The number of nitrogens with one attached hydrogen (secondary N) is 1. The third-order valence-electron chi connectivity index (χ3n) is 4.06. The summed E-state index contributed by atoms with van der Waals surface area (Å²) in [6.07, 6.45) is 3.64. The Kier molecular flexibility index (Phi) is 4.41. The Morgan fingerprint density at radius 2 is 2.08 bits per heavy atom. The Morgan fingerprint density at radius 3 is 2.81 bits per heavy atom. The number of rotatable bonds is 5. The van der Waals surface area contributed by atoms with Crippen LogP contribution in [0.5, 0.6) is 5.75 Å². The minimum Gasteiger partial charge on any atom is -0.497 e. The number of benzene rings is 2. The van der Waals surface area contributed by atoms with Gasteiger partial charge in [0.25, 0.3) is 0 Å². The highest BCUT2D eigenvalue weighted by atomic mass is 32.1. The number of aromatic nitrogens is 1. The minimum atomic E-state index is -0.0921. The molecule has 5 nitrogen and oxygen atoms in total. The molecule has 1 N–H and O–H groups in total. The van der Waals surface area contributed by atoms with E-state index in [-0.39, 0.29) is 12.3 Å². The zero-order valence-electron chi connectivity index (χ0n) is 14.1. The van der Waals surface area contributed by atoms with Gasteiger partial charge in [0.2, 0.25) is 5.91 Å². The van der Waals surface area contributed by atoms with Crippen molar-refractivity contribution in [2.24, 2.45) is 0 Å². The smallest absolute Gasteiger partial charge is 0.228 e. The monoisotopic (exact) mass is 364 g/mol. The summed E-state index contributed by atoms with van der Waals surface area (Å²) in [5.74, 6) is 0.633. The van der Waals surface area contributed by atoms with Crippen molar-refractivity contribution in [3.63, 3.8) is 0 Å². The zero-order chi connectivity index (χ0) is 17.9. The van der Waals surface area contributed by atoms with Crippen molar-refractivity contribution in [3.8, 4) is 16.3 Å². The van der Waals surface area contributed by atoms with Gasteiger partial charge in [-0.1, -0.05) is 0 Å². The summed E-state index contributed by atoms with van der Waals surface area (Å²) in [5, 5.41) is 6.74. The minimum absolute atomic E-state index is 0.0921. The number of thiazole rings is 1. The molecule has 0 aliphatic heterocycles. The summed E-state index contributed by atoms with van der Waals surface area (Å²) < 4.78 is 10.7. The van der Waals surface area contributed by atoms with Crippen molar-refractivity contribution in [2.45, 2.75) is 6.42 Å². The van der Waals surface area contributed by atoms with Gasteiger partial charge in [-0.25, -0.2) is 4.98 Å². The number of hydrogen-bond donors (Lipinski definition) is 1. The molecule has 0 bridgehead atoms. The molecule has 2 heterocycles.